The highest BCUT2D eigenvalue weighted by Gasteiger charge is 2.09. The Kier molecular flexibility index (Phi) is 5.49. The Labute approximate surface area is 133 Å². The van der Waals surface area contributed by atoms with E-state index in [-0.39, 0.29) is 0 Å². The van der Waals surface area contributed by atoms with Crippen molar-refractivity contribution < 1.29 is 0 Å². The number of nitrogens with one attached hydrogen (secondary N) is 1. The Balaban J connectivity index is 2.09. The summed E-state index contributed by atoms with van der Waals surface area (Å²) in [5.74, 6) is 0.683. The van der Waals surface area contributed by atoms with Crippen LogP contribution in [0.4, 0.5) is 0 Å². The lowest BCUT2D eigenvalue weighted by molar-refractivity contribution is 0.551. The summed E-state index contributed by atoms with van der Waals surface area (Å²) in [6.45, 7) is 11.7. The molecule has 1 N–H and O–H groups in total. The van der Waals surface area contributed by atoms with Crippen LogP contribution in [0.1, 0.15) is 36.4 Å². The second-order valence-electron chi connectivity index (χ2n) is 6.13. The van der Waals surface area contributed by atoms with Crippen LogP contribution in [0, 0.1) is 19.8 Å². The normalized spacial score (nSPS) is 11.3. The molecule has 0 fully saturated rings. The molecule has 1 heterocycles. The Bertz CT molecular complexity index is 582. The molecule has 0 atom stereocenters. The van der Waals surface area contributed by atoms with Crippen molar-refractivity contribution in [2.24, 2.45) is 5.92 Å². The molecule has 0 saturated carbocycles. The van der Waals surface area contributed by atoms with Crippen molar-refractivity contribution in [3.05, 3.63) is 57.9 Å². The smallest absolute Gasteiger partial charge is 0.0475 e. The lowest BCUT2D eigenvalue weighted by atomic mass is 10.2. The third-order valence-corrected chi connectivity index (χ3v) is 4.05. The van der Waals surface area contributed by atoms with Gasteiger partial charge in [0.1, 0.15) is 0 Å². The number of aryl methyl sites for hydroxylation is 1. The van der Waals surface area contributed by atoms with Gasteiger partial charge in [0.05, 0.1) is 0 Å². The zero-order chi connectivity index (χ0) is 15.4. The van der Waals surface area contributed by atoms with Crippen LogP contribution in [0.15, 0.2) is 30.3 Å². The van der Waals surface area contributed by atoms with Gasteiger partial charge in [-0.2, -0.15) is 0 Å². The first-order chi connectivity index (χ1) is 9.97. The van der Waals surface area contributed by atoms with Crippen molar-refractivity contribution in [2.45, 2.75) is 40.8 Å². The molecule has 2 nitrogen and oxygen atoms in total. The molecule has 3 heteroatoms. The standard InChI is InChI=1S/C18H25ClN2/c1-13(2)10-20-11-17-9-14(3)21(15(17)4)12-16-5-7-18(19)8-6-16/h5-9,13,20H,10-12H2,1-4H3. The number of rotatable bonds is 6. The molecule has 0 bridgehead atoms. The zero-order valence-corrected chi connectivity index (χ0v) is 14.2. The van der Waals surface area contributed by atoms with Crippen LogP contribution in [0.25, 0.3) is 0 Å². The topological polar surface area (TPSA) is 17.0 Å². The highest BCUT2D eigenvalue weighted by Crippen LogP contribution is 2.18. The highest BCUT2D eigenvalue weighted by atomic mass is 35.5. The molecule has 0 aliphatic heterocycles. The van der Waals surface area contributed by atoms with Crippen LogP contribution in [0.3, 0.4) is 0 Å². The number of nitrogens with zero attached hydrogens (tertiary/aromatic N) is 1. The third kappa shape index (κ3) is 4.36. The van der Waals surface area contributed by atoms with Crippen molar-refractivity contribution >= 4 is 11.6 Å². The van der Waals surface area contributed by atoms with Crippen LogP contribution in [0.2, 0.25) is 5.02 Å². The van der Waals surface area contributed by atoms with Crippen LogP contribution >= 0.6 is 11.6 Å². The molecule has 0 aliphatic carbocycles. The van der Waals surface area contributed by atoms with Crippen molar-refractivity contribution in [1.29, 1.82) is 0 Å². The van der Waals surface area contributed by atoms with Crippen LogP contribution < -0.4 is 5.32 Å². The maximum absolute atomic E-state index is 5.95. The Hall–Kier alpha value is -1.25. The Morgan fingerprint density at radius 2 is 1.81 bits per heavy atom. The molecule has 1 aromatic carbocycles. The molecule has 1 aromatic heterocycles. The summed E-state index contributed by atoms with van der Waals surface area (Å²) >= 11 is 5.95. The van der Waals surface area contributed by atoms with Crippen LogP contribution in [0.5, 0.6) is 0 Å². The van der Waals surface area contributed by atoms with Gasteiger partial charge >= 0.3 is 0 Å². The average molecular weight is 305 g/mol. The molecule has 114 valence electrons. The molecular weight excluding hydrogens is 280 g/mol. The maximum Gasteiger partial charge on any atom is 0.0475 e. The molecular formula is C18H25ClN2. The molecule has 2 aromatic rings. The Morgan fingerprint density at radius 3 is 2.43 bits per heavy atom. The van der Waals surface area contributed by atoms with E-state index in [4.69, 9.17) is 11.6 Å². The summed E-state index contributed by atoms with van der Waals surface area (Å²) in [6.07, 6.45) is 0. The van der Waals surface area contributed by atoms with E-state index >= 15 is 0 Å². The lowest BCUT2D eigenvalue weighted by Crippen LogP contribution is -2.19. The minimum Gasteiger partial charge on any atom is -0.344 e. The van der Waals surface area contributed by atoms with Crippen molar-refractivity contribution in [3.63, 3.8) is 0 Å². The molecule has 0 aliphatic rings. The number of benzene rings is 1. The van der Waals surface area contributed by atoms with E-state index in [1.807, 2.05) is 12.1 Å². The highest BCUT2D eigenvalue weighted by molar-refractivity contribution is 6.30. The molecule has 0 spiro atoms. The van der Waals surface area contributed by atoms with E-state index in [1.165, 1.54) is 22.5 Å². The number of hydrogen-bond donors (Lipinski definition) is 1. The van der Waals surface area contributed by atoms with Gasteiger partial charge in [-0.25, -0.2) is 0 Å². The van der Waals surface area contributed by atoms with E-state index < -0.39 is 0 Å². The van der Waals surface area contributed by atoms with Crippen molar-refractivity contribution in [1.82, 2.24) is 9.88 Å². The van der Waals surface area contributed by atoms with Gasteiger partial charge in [-0.15, -0.1) is 0 Å². The van der Waals surface area contributed by atoms with E-state index in [0.717, 1.165) is 24.7 Å². The van der Waals surface area contributed by atoms with E-state index in [2.05, 4.69) is 55.8 Å². The second kappa shape index (κ2) is 7.15. The van der Waals surface area contributed by atoms with Gasteiger partial charge in [0.2, 0.25) is 0 Å². The summed E-state index contributed by atoms with van der Waals surface area (Å²) < 4.78 is 2.37. The fourth-order valence-corrected chi connectivity index (χ4v) is 2.69. The van der Waals surface area contributed by atoms with Gasteiger partial charge in [-0.1, -0.05) is 37.6 Å². The Morgan fingerprint density at radius 1 is 1.14 bits per heavy atom. The number of halogens is 1. The second-order valence-corrected chi connectivity index (χ2v) is 6.57. The molecule has 0 radical (unpaired) electrons. The number of hydrogen-bond acceptors (Lipinski definition) is 1. The summed E-state index contributed by atoms with van der Waals surface area (Å²) in [7, 11) is 0. The van der Waals surface area contributed by atoms with Gasteiger partial charge < -0.3 is 9.88 Å². The average Bonchev–Trinajstić information content (AvgIpc) is 2.69. The van der Waals surface area contributed by atoms with E-state index in [9.17, 15) is 0 Å². The molecule has 0 saturated heterocycles. The molecule has 0 unspecified atom stereocenters. The van der Waals surface area contributed by atoms with Gasteiger partial charge in [0.25, 0.3) is 0 Å². The molecule has 0 amide bonds. The minimum atomic E-state index is 0.683. The summed E-state index contributed by atoms with van der Waals surface area (Å²) in [6, 6.07) is 10.4. The third-order valence-electron chi connectivity index (χ3n) is 3.80. The lowest BCUT2D eigenvalue weighted by Gasteiger charge is -2.11. The number of aromatic nitrogens is 1. The van der Waals surface area contributed by atoms with E-state index in [1.54, 1.807) is 0 Å². The van der Waals surface area contributed by atoms with Gasteiger partial charge in [0.15, 0.2) is 0 Å². The largest absolute Gasteiger partial charge is 0.344 e. The van der Waals surface area contributed by atoms with Crippen LogP contribution in [-0.4, -0.2) is 11.1 Å². The van der Waals surface area contributed by atoms with Gasteiger partial charge in [0, 0.05) is 29.5 Å². The first-order valence-corrected chi connectivity index (χ1v) is 7.96. The molecule has 2 rings (SSSR count). The van der Waals surface area contributed by atoms with Crippen molar-refractivity contribution in [2.75, 3.05) is 6.54 Å². The summed E-state index contributed by atoms with van der Waals surface area (Å²) in [5.41, 5.74) is 5.33. The SMILES string of the molecule is Cc1cc(CNCC(C)C)c(C)n1Cc1ccc(Cl)cc1. The first kappa shape index (κ1) is 16.1. The summed E-state index contributed by atoms with van der Waals surface area (Å²) in [4.78, 5) is 0. The fourth-order valence-electron chi connectivity index (χ4n) is 2.56. The summed E-state index contributed by atoms with van der Waals surface area (Å²) in [5, 5.41) is 4.31. The van der Waals surface area contributed by atoms with Crippen molar-refractivity contribution in [3.8, 4) is 0 Å². The monoisotopic (exact) mass is 304 g/mol. The minimum absolute atomic E-state index is 0.683. The van der Waals surface area contributed by atoms with Crippen LogP contribution in [-0.2, 0) is 13.1 Å². The maximum atomic E-state index is 5.95. The molecule has 21 heavy (non-hydrogen) atoms. The predicted octanol–water partition coefficient (Wildman–Crippen LogP) is 4.55. The quantitative estimate of drug-likeness (QED) is 0.828. The van der Waals surface area contributed by atoms with Gasteiger partial charge in [-0.05, 0) is 55.6 Å². The van der Waals surface area contributed by atoms with E-state index in [0.29, 0.717) is 5.92 Å². The zero-order valence-electron chi connectivity index (χ0n) is 13.4. The first-order valence-electron chi connectivity index (χ1n) is 7.58. The fraction of sp³-hybridized carbons (Fsp3) is 0.444. The van der Waals surface area contributed by atoms with Gasteiger partial charge in [-0.3, -0.25) is 0 Å². The predicted molar refractivity (Wildman–Crippen MR) is 91.0 cm³/mol.